The van der Waals surface area contributed by atoms with Crippen LogP contribution in [0.25, 0.3) is 17.4 Å². The van der Waals surface area contributed by atoms with Crippen molar-refractivity contribution >= 4 is 27.9 Å². The predicted molar refractivity (Wildman–Crippen MR) is 79.4 cm³/mol. The molecule has 0 atom stereocenters. The maximum Gasteiger partial charge on any atom is 0.259 e. The number of rotatable bonds is 3. The fourth-order valence-corrected chi connectivity index (χ4v) is 1.93. The van der Waals surface area contributed by atoms with E-state index < -0.39 is 5.91 Å². The fraction of sp³-hybridized carbons (Fsp3) is 0.0667. The standard InChI is InChI=1S/C15H11BrN2O2/c1-9-6-10(2-4-13(9)16)14-5-3-12(20-14)7-11(8-17)15(18)19/h2-7H,1H3,(H2,18,19)/b11-7+. The maximum absolute atomic E-state index is 11.0. The van der Waals surface area contributed by atoms with Gasteiger partial charge in [-0.15, -0.1) is 0 Å². The average Bonchev–Trinajstić information content (AvgIpc) is 2.87. The summed E-state index contributed by atoms with van der Waals surface area (Å²) >= 11 is 3.44. The summed E-state index contributed by atoms with van der Waals surface area (Å²) in [6.45, 7) is 1.98. The summed E-state index contributed by atoms with van der Waals surface area (Å²) in [6, 6.07) is 11.0. The number of nitrogens with zero attached hydrogens (tertiary/aromatic N) is 1. The second-order valence-electron chi connectivity index (χ2n) is 4.20. The molecule has 1 aromatic heterocycles. The van der Waals surface area contributed by atoms with E-state index in [2.05, 4.69) is 15.9 Å². The first-order valence-electron chi connectivity index (χ1n) is 5.79. The van der Waals surface area contributed by atoms with Gasteiger partial charge in [0.15, 0.2) is 0 Å². The van der Waals surface area contributed by atoms with Crippen LogP contribution in [0.4, 0.5) is 0 Å². The van der Waals surface area contributed by atoms with E-state index >= 15 is 0 Å². The zero-order chi connectivity index (χ0) is 14.7. The molecule has 2 rings (SSSR count). The van der Waals surface area contributed by atoms with Gasteiger partial charge in [0.05, 0.1) is 0 Å². The Labute approximate surface area is 124 Å². The van der Waals surface area contributed by atoms with Gasteiger partial charge in [0.1, 0.15) is 23.2 Å². The second-order valence-corrected chi connectivity index (χ2v) is 5.05. The Balaban J connectivity index is 2.36. The summed E-state index contributed by atoms with van der Waals surface area (Å²) in [6.07, 6.45) is 1.33. The highest BCUT2D eigenvalue weighted by molar-refractivity contribution is 9.10. The van der Waals surface area contributed by atoms with Crippen molar-refractivity contribution in [1.29, 1.82) is 5.26 Å². The third-order valence-corrected chi connectivity index (χ3v) is 3.63. The van der Waals surface area contributed by atoms with Crippen molar-refractivity contribution in [3.8, 4) is 17.4 Å². The molecule has 0 saturated heterocycles. The minimum atomic E-state index is -0.773. The molecule has 0 aliphatic heterocycles. The Morgan fingerprint density at radius 3 is 2.75 bits per heavy atom. The first-order valence-corrected chi connectivity index (χ1v) is 6.58. The molecule has 0 saturated carbocycles. The van der Waals surface area contributed by atoms with E-state index in [-0.39, 0.29) is 5.57 Å². The lowest BCUT2D eigenvalue weighted by Gasteiger charge is -2.01. The molecule has 5 heteroatoms. The molecule has 100 valence electrons. The summed E-state index contributed by atoms with van der Waals surface area (Å²) in [4.78, 5) is 11.0. The van der Waals surface area contributed by atoms with Crippen molar-refractivity contribution in [3.63, 3.8) is 0 Å². The summed E-state index contributed by atoms with van der Waals surface area (Å²) in [5.74, 6) is 0.300. The summed E-state index contributed by atoms with van der Waals surface area (Å²) in [5.41, 5.74) is 6.94. The lowest BCUT2D eigenvalue weighted by molar-refractivity contribution is -0.114. The zero-order valence-corrected chi connectivity index (χ0v) is 12.3. The van der Waals surface area contributed by atoms with Gasteiger partial charge < -0.3 is 10.2 Å². The van der Waals surface area contributed by atoms with Crippen LogP contribution < -0.4 is 5.73 Å². The number of carbonyl (C=O) groups is 1. The van der Waals surface area contributed by atoms with Gasteiger partial charge in [-0.25, -0.2) is 0 Å². The van der Waals surface area contributed by atoms with Gasteiger partial charge in [-0.2, -0.15) is 5.26 Å². The number of hydrogen-bond acceptors (Lipinski definition) is 3. The largest absolute Gasteiger partial charge is 0.457 e. The van der Waals surface area contributed by atoms with Crippen LogP contribution in [0.2, 0.25) is 0 Å². The number of primary amides is 1. The molecule has 1 amide bonds. The molecule has 1 aromatic carbocycles. The van der Waals surface area contributed by atoms with Gasteiger partial charge in [0, 0.05) is 16.1 Å². The number of amides is 1. The van der Waals surface area contributed by atoms with Crippen LogP contribution in [-0.4, -0.2) is 5.91 Å². The topological polar surface area (TPSA) is 80.0 Å². The molecule has 20 heavy (non-hydrogen) atoms. The summed E-state index contributed by atoms with van der Waals surface area (Å²) in [5, 5.41) is 8.78. The molecule has 0 unspecified atom stereocenters. The summed E-state index contributed by atoms with van der Waals surface area (Å²) in [7, 11) is 0. The zero-order valence-electron chi connectivity index (χ0n) is 10.7. The Kier molecular flexibility index (Phi) is 4.06. The molecule has 0 aliphatic carbocycles. The minimum absolute atomic E-state index is 0.141. The van der Waals surface area contributed by atoms with Crippen LogP contribution in [0, 0.1) is 18.3 Å². The van der Waals surface area contributed by atoms with Crippen molar-refractivity contribution in [2.24, 2.45) is 5.73 Å². The van der Waals surface area contributed by atoms with Crippen molar-refractivity contribution in [2.45, 2.75) is 6.92 Å². The normalized spacial score (nSPS) is 11.2. The molecule has 2 aromatic rings. The molecular weight excluding hydrogens is 320 g/mol. The Morgan fingerprint density at radius 1 is 1.40 bits per heavy atom. The van der Waals surface area contributed by atoms with E-state index in [0.29, 0.717) is 11.5 Å². The van der Waals surface area contributed by atoms with Gasteiger partial charge in [-0.1, -0.05) is 22.0 Å². The van der Waals surface area contributed by atoms with Crippen LogP contribution in [0.5, 0.6) is 0 Å². The van der Waals surface area contributed by atoms with Crippen molar-refractivity contribution in [2.75, 3.05) is 0 Å². The molecule has 0 bridgehead atoms. The Morgan fingerprint density at radius 2 is 2.15 bits per heavy atom. The van der Waals surface area contributed by atoms with Gasteiger partial charge in [0.25, 0.3) is 5.91 Å². The molecule has 0 fully saturated rings. The summed E-state index contributed by atoms with van der Waals surface area (Å²) < 4.78 is 6.62. The van der Waals surface area contributed by atoms with Crippen molar-refractivity contribution in [3.05, 3.63) is 51.7 Å². The first-order chi connectivity index (χ1) is 9.51. The van der Waals surface area contributed by atoms with Crippen LogP contribution in [0.1, 0.15) is 11.3 Å². The first kappa shape index (κ1) is 14.1. The number of aryl methyl sites for hydroxylation is 1. The molecule has 1 heterocycles. The van der Waals surface area contributed by atoms with Gasteiger partial charge in [-0.3, -0.25) is 4.79 Å². The lowest BCUT2D eigenvalue weighted by atomic mass is 10.1. The fourth-order valence-electron chi connectivity index (χ4n) is 1.68. The molecule has 0 spiro atoms. The molecule has 2 N–H and O–H groups in total. The van der Waals surface area contributed by atoms with E-state index in [1.165, 1.54) is 6.08 Å². The third kappa shape index (κ3) is 2.98. The number of halogens is 1. The van der Waals surface area contributed by atoms with Crippen molar-refractivity contribution < 1.29 is 9.21 Å². The quantitative estimate of drug-likeness (QED) is 0.691. The highest BCUT2D eigenvalue weighted by Crippen LogP contribution is 2.27. The maximum atomic E-state index is 11.0. The molecular formula is C15H11BrN2O2. The van der Waals surface area contributed by atoms with E-state index in [9.17, 15) is 4.79 Å². The van der Waals surface area contributed by atoms with E-state index in [0.717, 1.165) is 15.6 Å². The minimum Gasteiger partial charge on any atom is -0.457 e. The number of nitriles is 1. The van der Waals surface area contributed by atoms with Crippen LogP contribution in [-0.2, 0) is 4.79 Å². The Bertz CT molecular complexity index is 739. The smallest absolute Gasteiger partial charge is 0.259 e. The van der Waals surface area contributed by atoms with E-state index in [1.807, 2.05) is 25.1 Å². The molecule has 4 nitrogen and oxygen atoms in total. The number of benzene rings is 1. The highest BCUT2D eigenvalue weighted by atomic mass is 79.9. The van der Waals surface area contributed by atoms with E-state index in [4.69, 9.17) is 15.4 Å². The van der Waals surface area contributed by atoms with Gasteiger partial charge in [-0.05, 0) is 36.8 Å². The second kappa shape index (κ2) is 5.76. The molecule has 0 aliphatic rings. The SMILES string of the molecule is Cc1cc(-c2ccc(/C=C(\C#N)C(N)=O)o2)ccc1Br. The number of nitrogens with two attached hydrogens (primary N) is 1. The highest BCUT2D eigenvalue weighted by Gasteiger charge is 2.08. The Hall–Kier alpha value is -2.32. The average molecular weight is 331 g/mol. The van der Waals surface area contributed by atoms with Crippen LogP contribution in [0.15, 0.2) is 44.8 Å². The number of furan rings is 1. The predicted octanol–water partition coefficient (Wildman–Crippen LogP) is 3.41. The van der Waals surface area contributed by atoms with Crippen LogP contribution in [0.3, 0.4) is 0 Å². The third-order valence-electron chi connectivity index (χ3n) is 2.74. The van der Waals surface area contributed by atoms with Crippen molar-refractivity contribution in [1.82, 2.24) is 0 Å². The number of hydrogen-bond donors (Lipinski definition) is 1. The monoisotopic (exact) mass is 330 g/mol. The van der Waals surface area contributed by atoms with Crippen LogP contribution >= 0.6 is 15.9 Å². The lowest BCUT2D eigenvalue weighted by Crippen LogP contribution is -2.12. The molecule has 0 radical (unpaired) electrons. The van der Waals surface area contributed by atoms with E-state index in [1.54, 1.807) is 18.2 Å². The van der Waals surface area contributed by atoms with Gasteiger partial charge in [0.2, 0.25) is 0 Å². The number of carbonyl (C=O) groups excluding carboxylic acids is 1. The van der Waals surface area contributed by atoms with Gasteiger partial charge >= 0.3 is 0 Å².